The van der Waals surface area contributed by atoms with Crippen molar-refractivity contribution in [1.82, 2.24) is 20.2 Å². The summed E-state index contributed by atoms with van der Waals surface area (Å²) in [6.07, 6.45) is -1.52. The molecule has 3 N–H and O–H groups in total. The molecule has 32 heavy (non-hydrogen) atoms. The number of carbonyl (C=O) groups excluding carboxylic acids is 1. The van der Waals surface area contributed by atoms with Gasteiger partial charge in [0, 0.05) is 17.1 Å². The molecule has 0 aliphatic rings. The molecule has 0 aliphatic carbocycles. The van der Waals surface area contributed by atoms with Gasteiger partial charge in [-0.15, -0.1) is 11.8 Å². The third-order valence-corrected chi connectivity index (χ3v) is 5.71. The monoisotopic (exact) mass is 478 g/mol. The van der Waals surface area contributed by atoms with Crippen LogP contribution in [-0.2, 0) is 11.9 Å². The second kappa shape index (κ2) is 9.05. The average Bonchev–Trinajstić information content (AvgIpc) is 3.22. The Morgan fingerprint density at radius 3 is 2.66 bits per heavy atom. The molecule has 0 fully saturated rings. The molecule has 0 spiro atoms. The van der Waals surface area contributed by atoms with Crippen molar-refractivity contribution in [2.75, 3.05) is 10.6 Å². The zero-order valence-electron chi connectivity index (χ0n) is 16.1. The summed E-state index contributed by atoms with van der Waals surface area (Å²) in [5.74, 6) is 0.570. The van der Waals surface area contributed by atoms with Gasteiger partial charge in [-0.25, -0.2) is 14.8 Å². The normalized spacial score (nSPS) is 11.5. The highest BCUT2D eigenvalue weighted by atomic mass is 35.5. The van der Waals surface area contributed by atoms with E-state index in [0.29, 0.717) is 17.1 Å². The highest BCUT2D eigenvalue weighted by molar-refractivity contribution is 7.98. The standard InChI is InChI=1S/C20H14ClF3N6OS/c21-16-5-4-13(7-15(16)20(22,23)24)29-19(31)28-12-3-1-2-11(6-12)9-32-18-14-8-27-30-17(14)25-10-26-18/h1-8,10H,9H2,(H2,28,29,31)(H,25,26,27,30). The molecule has 2 aromatic carbocycles. The summed E-state index contributed by atoms with van der Waals surface area (Å²) in [6.45, 7) is 0. The van der Waals surface area contributed by atoms with Crippen molar-refractivity contribution in [3.8, 4) is 0 Å². The van der Waals surface area contributed by atoms with Crippen LogP contribution in [-0.4, -0.2) is 26.2 Å². The zero-order valence-corrected chi connectivity index (χ0v) is 17.6. The minimum Gasteiger partial charge on any atom is -0.308 e. The van der Waals surface area contributed by atoms with E-state index >= 15 is 0 Å². The van der Waals surface area contributed by atoms with E-state index in [1.165, 1.54) is 24.2 Å². The Kier molecular flexibility index (Phi) is 6.19. The number of carbonyl (C=O) groups is 1. The maximum Gasteiger partial charge on any atom is 0.417 e. The Bertz CT molecular complexity index is 1280. The molecule has 0 saturated heterocycles. The van der Waals surface area contributed by atoms with Gasteiger partial charge in [0.2, 0.25) is 0 Å². The van der Waals surface area contributed by atoms with Crippen molar-refractivity contribution < 1.29 is 18.0 Å². The van der Waals surface area contributed by atoms with Crippen molar-refractivity contribution in [2.24, 2.45) is 0 Å². The fourth-order valence-corrected chi connectivity index (χ4v) is 4.00. The number of benzene rings is 2. The number of aromatic nitrogens is 4. The molecular formula is C20H14ClF3N6OS. The number of anilines is 2. The van der Waals surface area contributed by atoms with Gasteiger partial charge in [0.15, 0.2) is 5.65 Å². The second-order valence-electron chi connectivity index (χ2n) is 6.57. The van der Waals surface area contributed by atoms with Gasteiger partial charge >= 0.3 is 12.2 Å². The molecule has 0 unspecified atom stereocenters. The summed E-state index contributed by atoms with van der Waals surface area (Å²) >= 11 is 7.09. The number of aromatic amines is 1. The van der Waals surface area contributed by atoms with E-state index in [0.717, 1.165) is 28.1 Å². The number of nitrogens with one attached hydrogen (secondary N) is 3. The van der Waals surface area contributed by atoms with Gasteiger partial charge in [-0.3, -0.25) is 5.10 Å². The van der Waals surface area contributed by atoms with E-state index in [4.69, 9.17) is 11.6 Å². The first-order valence-electron chi connectivity index (χ1n) is 9.10. The quantitative estimate of drug-likeness (QED) is 0.243. The van der Waals surface area contributed by atoms with E-state index in [-0.39, 0.29) is 5.69 Å². The van der Waals surface area contributed by atoms with Crippen LogP contribution in [0.25, 0.3) is 11.0 Å². The molecule has 0 radical (unpaired) electrons. The lowest BCUT2D eigenvalue weighted by Gasteiger charge is -2.12. The highest BCUT2D eigenvalue weighted by Crippen LogP contribution is 2.36. The van der Waals surface area contributed by atoms with Crippen LogP contribution >= 0.6 is 23.4 Å². The highest BCUT2D eigenvalue weighted by Gasteiger charge is 2.33. The van der Waals surface area contributed by atoms with Crippen LogP contribution in [0.1, 0.15) is 11.1 Å². The Morgan fingerprint density at radius 1 is 1.09 bits per heavy atom. The summed E-state index contributed by atoms with van der Waals surface area (Å²) in [5.41, 5.74) is 0.993. The number of hydrogen-bond acceptors (Lipinski definition) is 5. The van der Waals surface area contributed by atoms with Crippen molar-refractivity contribution in [3.63, 3.8) is 0 Å². The maximum absolute atomic E-state index is 13.0. The Hall–Kier alpha value is -3.31. The Morgan fingerprint density at radius 2 is 1.88 bits per heavy atom. The van der Waals surface area contributed by atoms with Crippen LogP contribution in [0.15, 0.2) is 60.0 Å². The molecule has 4 rings (SSSR count). The second-order valence-corrected chi connectivity index (χ2v) is 7.94. The molecule has 12 heteroatoms. The number of rotatable bonds is 5. The van der Waals surface area contributed by atoms with Gasteiger partial charge in [0.05, 0.1) is 22.2 Å². The molecule has 7 nitrogen and oxygen atoms in total. The summed E-state index contributed by atoms with van der Waals surface area (Å²) in [4.78, 5) is 20.6. The Labute approximate surface area is 188 Å². The predicted molar refractivity (Wildman–Crippen MR) is 117 cm³/mol. The van der Waals surface area contributed by atoms with Crippen molar-refractivity contribution in [2.45, 2.75) is 17.0 Å². The summed E-state index contributed by atoms with van der Waals surface area (Å²) < 4.78 is 39.0. The number of amides is 2. The summed E-state index contributed by atoms with van der Waals surface area (Å²) in [6, 6.07) is 9.58. The molecule has 0 saturated carbocycles. The van der Waals surface area contributed by atoms with Crippen LogP contribution in [0.3, 0.4) is 0 Å². The van der Waals surface area contributed by atoms with Crippen LogP contribution in [0.5, 0.6) is 0 Å². The molecule has 164 valence electrons. The molecule has 2 heterocycles. The molecule has 0 atom stereocenters. The zero-order chi connectivity index (χ0) is 22.7. The first-order valence-corrected chi connectivity index (χ1v) is 10.5. The van der Waals surface area contributed by atoms with E-state index in [1.807, 2.05) is 6.07 Å². The molecule has 0 aliphatic heterocycles. The van der Waals surface area contributed by atoms with Gasteiger partial charge in [-0.1, -0.05) is 23.7 Å². The Balaban J connectivity index is 1.40. The number of thioether (sulfide) groups is 1. The van der Waals surface area contributed by atoms with Gasteiger partial charge in [0.1, 0.15) is 11.4 Å². The van der Waals surface area contributed by atoms with Gasteiger partial charge in [-0.2, -0.15) is 18.3 Å². The average molecular weight is 479 g/mol. The van der Waals surface area contributed by atoms with Crippen LogP contribution in [0.4, 0.5) is 29.3 Å². The molecule has 4 aromatic rings. The fourth-order valence-electron chi connectivity index (χ4n) is 2.86. The van der Waals surface area contributed by atoms with Crippen molar-refractivity contribution in [3.05, 3.63) is 71.1 Å². The van der Waals surface area contributed by atoms with Crippen LogP contribution < -0.4 is 10.6 Å². The first kappa shape index (κ1) is 21.9. The number of hydrogen-bond donors (Lipinski definition) is 3. The first-order chi connectivity index (χ1) is 15.3. The molecule has 2 aromatic heterocycles. The third-order valence-electron chi connectivity index (χ3n) is 4.30. The number of halogens is 4. The summed E-state index contributed by atoms with van der Waals surface area (Å²) in [5, 5.41) is 12.9. The number of nitrogens with zero attached hydrogens (tertiary/aromatic N) is 3. The summed E-state index contributed by atoms with van der Waals surface area (Å²) in [7, 11) is 0. The predicted octanol–water partition coefficient (Wildman–Crippen LogP) is 5.96. The lowest BCUT2D eigenvalue weighted by molar-refractivity contribution is -0.137. The number of urea groups is 1. The minimum absolute atomic E-state index is 0.0289. The van der Waals surface area contributed by atoms with E-state index in [9.17, 15) is 18.0 Å². The lowest BCUT2D eigenvalue weighted by Crippen LogP contribution is -2.20. The van der Waals surface area contributed by atoms with Crippen molar-refractivity contribution >= 4 is 51.8 Å². The number of fused-ring (bicyclic) bond motifs is 1. The van der Waals surface area contributed by atoms with Gasteiger partial charge in [0.25, 0.3) is 0 Å². The largest absolute Gasteiger partial charge is 0.417 e. The molecular weight excluding hydrogens is 465 g/mol. The topological polar surface area (TPSA) is 95.6 Å². The van der Waals surface area contributed by atoms with Crippen LogP contribution in [0, 0.1) is 0 Å². The molecule has 0 bridgehead atoms. The van der Waals surface area contributed by atoms with Gasteiger partial charge < -0.3 is 10.6 Å². The van der Waals surface area contributed by atoms with Crippen molar-refractivity contribution in [1.29, 1.82) is 0 Å². The lowest BCUT2D eigenvalue weighted by atomic mass is 10.2. The van der Waals surface area contributed by atoms with E-state index < -0.39 is 22.8 Å². The number of alkyl halides is 3. The smallest absolute Gasteiger partial charge is 0.308 e. The maximum atomic E-state index is 13.0. The van der Waals surface area contributed by atoms with Crippen LogP contribution in [0.2, 0.25) is 5.02 Å². The van der Waals surface area contributed by atoms with E-state index in [1.54, 1.807) is 24.4 Å². The van der Waals surface area contributed by atoms with Gasteiger partial charge in [-0.05, 0) is 35.9 Å². The third kappa shape index (κ3) is 5.11. The van der Waals surface area contributed by atoms with E-state index in [2.05, 4.69) is 30.8 Å². The SMILES string of the molecule is O=C(Nc1cccc(CSc2ncnc3[nH]ncc23)c1)Nc1ccc(Cl)c(C(F)(F)F)c1. The fraction of sp³-hybridized carbons (Fsp3) is 0.100. The molecule has 2 amide bonds. The minimum atomic E-state index is -4.62. The number of H-pyrrole nitrogens is 1.